The molecule has 2 heteroatoms. The van der Waals surface area contributed by atoms with E-state index in [0.717, 1.165) is 11.8 Å². The van der Waals surface area contributed by atoms with E-state index in [1.807, 2.05) is 0 Å². The zero-order chi connectivity index (χ0) is 8.10. The number of thioether (sulfide) groups is 2. The number of hydrogen-bond acceptors (Lipinski definition) is 2. The summed E-state index contributed by atoms with van der Waals surface area (Å²) in [6.07, 6.45) is 2.88. The summed E-state index contributed by atoms with van der Waals surface area (Å²) in [5.74, 6) is 4.74. The lowest BCUT2D eigenvalue weighted by atomic mass is 10.0. The molecule has 1 aliphatic rings. The maximum atomic E-state index is 2.32. The average Bonchev–Trinajstić information content (AvgIpc) is 2.03. The fraction of sp³-hybridized carbons (Fsp3) is 1.00. The molecule has 11 heavy (non-hydrogen) atoms. The summed E-state index contributed by atoms with van der Waals surface area (Å²) >= 11 is 4.24. The molecule has 0 spiro atoms. The maximum absolute atomic E-state index is 2.32. The lowest BCUT2D eigenvalue weighted by molar-refractivity contribution is 0.484. The first-order valence-electron chi connectivity index (χ1n) is 4.44. The lowest BCUT2D eigenvalue weighted by Crippen LogP contribution is -2.12. The molecule has 0 aromatic heterocycles. The third kappa shape index (κ3) is 4.32. The van der Waals surface area contributed by atoms with E-state index in [9.17, 15) is 0 Å². The summed E-state index contributed by atoms with van der Waals surface area (Å²) in [5, 5.41) is 1.33. The molecule has 0 aromatic rings. The molecule has 0 atom stereocenters. The van der Waals surface area contributed by atoms with Crippen LogP contribution >= 0.6 is 23.5 Å². The van der Waals surface area contributed by atoms with Gasteiger partial charge in [0.15, 0.2) is 0 Å². The molecule has 0 amide bonds. The van der Waals surface area contributed by atoms with Crippen molar-refractivity contribution in [3.8, 4) is 0 Å². The molecular formula is C9H18S2. The SMILES string of the molecule is CC(C)CCC1CSCSC1. The molecule has 1 aliphatic heterocycles. The van der Waals surface area contributed by atoms with Gasteiger partial charge in [-0.05, 0) is 29.8 Å². The van der Waals surface area contributed by atoms with Gasteiger partial charge in [0.05, 0.1) is 0 Å². The van der Waals surface area contributed by atoms with Crippen LogP contribution in [0.25, 0.3) is 0 Å². The fourth-order valence-electron chi connectivity index (χ4n) is 1.27. The van der Waals surface area contributed by atoms with Gasteiger partial charge >= 0.3 is 0 Å². The Bertz CT molecular complexity index is 95.7. The Balaban J connectivity index is 2.05. The van der Waals surface area contributed by atoms with Gasteiger partial charge in [0, 0.05) is 5.08 Å². The molecule has 0 aromatic carbocycles. The van der Waals surface area contributed by atoms with Crippen molar-refractivity contribution in [3.63, 3.8) is 0 Å². The van der Waals surface area contributed by atoms with Gasteiger partial charge in [0.25, 0.3) is 0 Å². The molecule has 66 valence electrons. The summed E-state index contributed by atoms with van der Waals surface area (Å²) in [6.45, 7) is 4.65. The summed E-state index contributed by atoms with van der Waals surface area (Å²) in [4.78, 5) is 0. The Kier molecular flexibility index (Phi) is 4.77. The van der Waals surface area contributed by atoms with Crippen molar-refractivity contribution in [2.75, 3.05) is 16.6 Å². The summed E-state index contributed by atoms with van der Waals surface area (Å²) in [7, 11) is 0. The van der Waals surface area contributed by atoms with E-state index in [1.165, 1.54) is 29.4 Å². The van der Waals surface area contributed by atoms with Crippen LogP contribution in [0.2, 0.25) is 0 Å². The molecule has 0 nitrogen and oxygen atoms in total. The molecule has 0 radical (unpaired) electrons. The Hall–Kier alpha value is 0.700. The number of rotatable bonds is 3. The van der Waals surface area contributed by atoms with Crippen molar-refractivity contribution in [2.24, 2.45) is 11.8 Å². The highest BCUT2D eigenvalue weighted by Crippen LogP contribution is 2.29. The van der Waals surface area contributed by atoms with Gasteiger partial charge < -0.3 is 0 Å². The van der Waals surface area contributed by atoms with Crippen LogP contribution in [0.15, 0.2) is 0 Å². The minimum absolute atomic E-state index is 0.895. The van der Waals surface area contributed by atoms with E-state index in [1.54, 1.807) is 0 Å². The normalized spacial score (nSPS) is 21.0. The third-order valence-electron chi connectivity index (χ3n) is 2.03. The molecule has 0 N–H and O–H groups in total. The lowest BCUT2D eigenvalue weighted by Gasteiger charge is -2.21. The van der Waals surface area contributed by atoms with E-state index in [2.05, 4.69) is 37.4 Å². The minimum atomic E-state index is 0.895. The average molecular weight is 190 g/mol. The molecule has 0 aliphatic carbocycles. The molecule has 0 saturated carbocycles. The predicted octanol–water partition coefficient (Wildman–Crippen LogP) is 3.48. The topological polar surface area (TPSA) is 0 Å². The van der Waals surface area contributed by atoms with E-state index in [-0.39, 0.29) is 0 Å². The molecule has 0 bridgehead atoms. The molecule has 0 unspecified atom stereocenters. The highest BCUT2D eigenvalue weighted by molar-refractivity contribution is 8.16. The third-order valence-corrected chi connectivity index (χ3v) is 4.77. The van der Waals surface area contributed by atoms with E-state index in [4.69, 9.17) is 0 Å². The Morgan fingerprint density at radius 3 is 2.45 bits per heavy atom. The van der Waals surface area contributed by atoms with Crippen molar-refractivity contribution < 1.29 is 0 Å². The second kappa shape index (κ2) is 5.36. The van der Waals surface area contributed by atoms with Gasteiger partial charge in [-0.15, -0.1) is 0 Å². The van der Waals surface area contributed by atoms with Crippen LogP contribution in [-0.2, 0) is 0 Å². The van der Waals surface area contributed by atoms with Crippen LogP contribution in [-0.4, -0.2) is 16.6 Å². The van der Waals surface area contributed by atoms with Crippen LogP contribution in [0.4, 0.5) is 0 Å². The molecule has 1 rings (SSSR count). The van der Waals surface area contributed by atoms with Crippen molar-refractivity contribution in [3.05, 3.63) is 0 Å². The highest BCUT2D eigenvalue weighted by Gasteiger charge is 2.13. The quantitative estimate of drug-likeness (QED) is 0.668. The standard InChI is InChI=1S/C9H18S2/c1-8(2)3-4-9-5-10-7-11-6-9/h8-9H,3-7H2,1-2H3. The second-order valence-corrected chi connectivity index (χ2v) is 6.12. The van der Waals surface area contributed by atoms with Gasteiger partial charge in [0.2, 0.25) is 0 Å². The molecule has 1 fully saturated rings. The highest BCUT2D eigenvalue weighted by atomic mass is 32.2. The minimum Gasteiger partial charge on any atom is -0.151 e. The smallest absolute Gasteiger partial charge is 0.0392 e. The maximum Gasteiger partial charge on any atom is 0.0392 e. The van der Waals surface area contributed by atoms with Crippen LogP contribution in [0.5, 0.6) is 0 Å². The Labute approximate surface area is 78.9 Å². The zero-order valence-corrected chi connectivity index (χ0v) is 9.14. The monoisotopic (exact) mass is 190 g/mol. The Morgan fingerprint density at radius 2 is 1.91 bits per heavy atom. The second-order valence-electron chi connectivity index (χ2n) is 3.70. The molecular weight excluding hydrogens is 172 g/mol. The van der Waals surface area contributed by atoms with Crippen LogP contribution in [0.1, 0.15) is 26.7 Å². The first-order valence-corrected chi connectivity index (χ1v) is 6.75. The van der Waals surface area contributed by atoms with Gasteiger partial charge in [-0.2, -0.15) is 23.5 Å². The van der Waals surface area contributed by atoms with Gasteiger partial charge in [-0.1, -0.05) is 20.3 Å². The number of hydrogen-bond donors (Lipinski definition) is 0. The van der Waals surface area contributed by atoms with Crippen LogP contribution < -0.4 is 0 Å². The van der Waals surface area contributed by atoms with Crippen molar-refractivity contribution in [2.45, 2.75) is 26.7 Å². The van der Waals surface area contributed by atoms with Crippen LogP contribution in [0, 0.1) is 11.8 Å². The Morgan fingerprint density at radius 1 is 1.27 bits per heavy atom. The summed E-state index contributed by atoms with van der Waals surface area (Å²) < 4.78 is 0. The van der Waals surface area contributed by atoms with Crippen LogP contribution in [0.3, 0.4) is 0 Å². The van der Waals surface area contributed by atoms with E-state index >= 15 is 0 Å². The largest absolute Gasteiger partial charge is 0.151 e. The van der Waals surface area contributed by atoms with Crippen molar-refractivity contribution in [1.82, 2.24) is 0 Å². The zero-order valence-electron chi connectivity index (χ0n) is 7.51. The first-order chi connectivity index (χ1) is 5.29. The van der Waals surface area contributed by atoms with Crippen molar-refractivity contribution >= 4 is 23.5 Å². The predicted molar refractivity (Wildman–Crippen MR) is 57.3 cm³/mol. The van der Waals surface area contributed by atoms with Crippen molar-refractivity contribution in [1.29, 1.82) is 0 Å². The molecule has 1 heterocycles. The van der Waals surface area contributed by atoms with Gasteiger partial charge in [0.1, 0.15) is 0 Å². The first kappa shape index (κ1) is 9.79. The fourth-order valence-corrected chi connectivity index (χ4v) is 3.90. The van der Waals surface area contributed by atoms with Gasteiger partial charge in [-0.3, -0.25) is 0 Å². The van der Waals surface area contributed by atoms with Gasteiger partial charge in [-0.25, -0.2) is 0 Å². The van der Waals surface area contributed by atoms with E-state index < -0.39 is 0 Å². The summed E-state index contributed by atoms with van der Waals surface area (Å²) in [5.41, 5.74) is 0. The summed E-state index contributed by atoms with van der Waals surface area (Å²) in [6, 6.07) is 0. The molecule has 1 saturated heterocycles. The van der Waals surface area contributed by atoms with E-state index in [0.29, 0.717) is 0 Å².